The van der Waals surface area contributed by atoms with Crippen LogP contribution in [0, 0.1) is 9.39 Å². The molecule has 0 saturated carbocycles. The second-order valence-electron chi connectivity index (χ2n) is 4.15. The number of rotatable bonds is 6. The van der Waals surface area contributed by atoms with E-state index >= 15 is 0 Å². The molecule has 0 bridgehead atoms. The van der Waals surface area contributed by atoms with E-state index in [1.165, 1.54) is 12.1 Å². The Morgan fingerprint density at radius 1 is 1.30 bits per heavy atom. The van der Waals surface area contributed by atoms with Crippen molar-refractivity contribution in [3.8, 4) is 0 Å². The van der Waals surface area contributed by atoms with Crippen molar-refractivity contribution in [3.63, 3.8) is 0 Å². The molecule has 0 amide bonds. The average Bonchev–Trinajstić information content (AvgIpc) is 2.46. The van der Waals surface area contributed by atoms with Gasteiger partial charge in [-0.15, -0.1) is 11.8 Å². The van der Waals surface area contributed by atoms with Crippen LogP contribution >= 0.6 is 34.4 Å². The van der Waals surface area contributed by atoms with E-state index in [1.807, 2.05) is 6.20 Å². The number of hydrogen-bond donors (Lipinski definition) is 1. The summed E-state index contributed by atoms with van der Waals surface area (Å²) in [5.74, 6) is 2.12. The Morgan fingerprint density at radius 3 is 2.75 bits per heavy atom. The molecule has 1 heterocycles. The van der Waals surface area contributed by atoms with E-state index in [0.717, 1.165) is 33.1 Å². The van der Waals surface area contributed by atoms with Crippen molar-refractivity contribution in [2.24, 2.45) is 0 Å². The molecule has 2 rings (SSSR count). The van der Waals surface area contributed by atoms with Gasteiger partial charge in [-0.05, 0) is 53.3 Å². The molecule has 2 aromatic rings. The quantitative estimate of drug-likeness (QED) is 0.576. The van der Waals surface area contributed by atoms with Crippen molar-refractivity contribution in [2.45, 2.75) is 24.0 Å². The summed E-state index contributed by atoms with van der Waals surface area (Å²) in [6, 6.07) is 6.46. The van der Waals surface area contributed by atoms with Crippen LogP contribution in [0.2, 0.25) is 0 Å². The minimum absolute atomic E-state index is 0.217. The summed E-state index contributed by atoms with van der Waals surface area (Å²) >= 11 is 3.82. The topological polar surface area (TPSA) is 37.8 Å². The lowest BCUT2D eigenvalue weighted by Crippen LogP contribution is -2.06. The van der Waals surface area contributed by atoms with Gasteiger partial charge < -0.3 is 5.32 Å². The van der Waals surface area contributed by atoms with Gasteiger partial charge in [-0.1, -0.05) is 6.92 Å². The zero-order chi connectivity index (χ0) is 14.4. The van der Waals surface area contributed by atoms with Crippen molar-refractivity contribution in [1.82, 2.24) is 9.97 Å². The van der Waals surface area contributed by atoms with Crippen LogP contribution in [0.3, 0.4) is 0 Å². The third kappa shape index (κ3) is 4.59. The minimum Gasteiger partial charge on any atom is -0.369 e. The van der Waals surface area contributed by atoms with Gasteiger partial charge in [-0.3, -0.25) is 0 Å². The number of aromatic nitrogens is 2. The summed E-state index contributed by atoms with van der Waals surface area (Å²) in [6.07, 6.45) is 2.88. The van der Waals surface area contributed by atoms with Gasteiger partial charge in [0.1, 0.15) is 17.5 Å². The molecule has 106 valence electrons. The van der Waals surface area contributed by atoms with Crippen molar-refractivity contribution in [2.75, 3.05) is 11.9 Å². The first kappa shape index (κ1) is 15.5. The number of thioether (sulfide) groups is 1. The average molecular weight is 403 g/mol. The number of nitrogens with one attached hydrogen (secondary N) is 1. The first-order valence-corrected chi connectivity index (χ1v) is 8.39. The van der Waals surface area contributed by atoms with Gasteiger partial charge in [-0.25, -0.2) is 14.4 Å². The van der Waals surface area contributed by atoms with Crippen LogP contribution in [0.4, 0.5) is 10.2 Å². The zero-order valence-corrected chi connectivity index (χ0v) is 14.0. The van der Waals surface area contributed by atoms with Gasteiger partial charge in [-0.2, -0.15) is 0 Å². The van der Waals surface area contributed by atoms with Gasteiger partial charge in [0.15, 0.2) is 0 Å². The molecule has 6 heteroatoms. The van der Waals surface area contributed by atoms with Crippen LogP contribution in [0.15, 0.2) is 35.4 Å². The molecule has 3 nitrogen and oxygen atoms in total. The van der Waals surface area contributed by atoms with E-state index < -0.39 is 0 Å². The van der Waals surface area contributed by atoms with Gasteiger partial charge in [0.25, 0.3) is 0 Å². The summed E-state index contributed by atoms with van der Waals surface area (Å²) in [4.78, 5) is 9.85. The fourth-order valence-electron chi connectivity index (χ4n) is 1.52. The zero-order valence-electron chi connectivity index (χ0n) is 11.1. The molecule has 0 spiro atoms. The molecule has 1 aromatic carbocycles. The summed E-state index contributed by atoms with van der Waals surface area (Å²) in [5.41, 5.74) is 0. The molecule has 0 atom stereocenters. The second kappa shape index (κ2) is 7.78. The van der Waals surface area contributed by atoms with Crippen molar-refractivity contribution < 1.29 is 4.39 Å². The predicted octanol–water partition coefficient (Wildman–Crippen LogP) is 4.33. The Bertz CT molecular complexity index is 563. The third-order valence-electron chi connectivity index (χ3n) is 2.52. The van der Waals surface area contributed by atoms with E-state index in [1.54, 1.807) is 23.9 Å². The predicted molar refractivity (Wildman–Crippen MR) is 89.5 cm³/mol. The number of nitrogens with zero attached hydrogens (tertiary/aromatic N) is 2. The van der Waals surface area contributed by atoms with E-state index in [9.17, 15) is 4.39 Å². The monoisotopic (exact) mass is 403 g/mol. The molecule has 20 heavy (non-hydrogen) atoms. The highest BCUT2D eigenvalue weighted by Gasteiger charge is 2.05. The summed E-state index contributed by atoms with van der Waals surface area (Å²) < 4.78 is 13.8. The molecule has 0 radical (unpaired) electrons. The number of halogens is 2. The smallest absolute Gasteiger partial charge is 0.143 e. The maximum atomic E-state index is 12.8. The lowest BCUT2D eigenvalue weighted by molar-refractivity contribution is 0.626. The second-order valence-corrected chi connectivity index (χ2v) is 6.36. The van der Waals surface area contributed by atoms with Gasteiger partial charge in [0, 0.05) is 17.6 Å². The standard InChI is InChI=1S/C14H15FIN3S/c1-2-7-17-14-12(16)8-18-13(19-14)9-20-11-5-3-10(15)4-6-11/h3-6,8H,2,7,9H2,1H3,(H,17,18,19). The molecular formula is C14H15FIN3S. The highest BCUT2D eigenvalue weighted by Crippen LogP contribution is 2.23. The Balaban J connectivity index is 2.00. The third-order valence-corrected chi connectivity index (χ3v) is 4.32. The fraction of sp³-hybridized carbons (Fsp3) is 0.286. The minimum atomic E-state index is -0.217. The Labute approximate surface area is 135 Å². The fourth-order valence-corrected chi connectivity index (χ4v) is 2.73. The molecule has 0 saturated heterocycles. The Morgan fingerprint density at radius 2 is 2.05 bits per heavy atom. The van der Waals surface area contributed by atoms with Crippen LogP contribution in [-0.2, 0) is 5.75 Å². The van der Waals surface area contributed by atoms with E-state index in [2.05, 4.69) is 44.8 Å². The van der Waals surface area contributed by atoms with Crippen LogP contribution in [-0.4, -0.2) is 16.5 Å². The molecule has 1 N–H and O–H groups in total. The Kier molecular flexibility index (Phi) is 6.03. The SMILES string of the molecule is CCCNc1nc(CSc2ccc(F)cc2)ncc1I. The van der Waals surface area contributed by atoms with Crippen LogP contribution in [0.1, 0.15) is 19.2 Å². The van der Waals surface area contributed by atoms with Crippen LogP contribution in [0.25, 0.3) is 0 Å². The number of hydrogen-bond acceptors (Lipinski definition) is 4. The van der Waals surface area contributed by atoms with Gasteiger partial charge >= 0.3 is 0 Å². The lowest BCUT2D eigenvalue weighted by atomic mass is 10.4. The van der Waals surface area contributed by atoms with Gasteiger partial charge in [0.2, 0.25) is 0 Å². The van der Waals surface area contributed by atoms with Crippen molar-refractivity contribution >= 4 is 40.2 Å². The molecular weight excluding hydrogens is 388 g/mol. The Hall–Kier alpha value is -0.890. The summed E-state index contributed by atoms with van der Waals surface area (Å²) in [7, 11) is 0. The van der Waals surface area contributed by atoms with Gasteiger partial charge in [0.05, 0.1) is 9.32 Å². The van der Waals surface area contributed by atoms with Crippen LogP contribution in [0.5, 0.6) is 0 Å². The highest BCUT2D eigenvalue weighted by atomic mass is 127. The van der Waals surface area contributed by atoms with E-state index in [4.69, 9.17) is 0 Å². The largest absolute Gasteiger partial charge is 0.369 e. The lowest BCUT2D eigenvalue weighted by Gasteiger charge is -2.08. The first-order valence-electron chi connectivity index (χ1n) is 6.32. The first-order chi connectivity index (χ1) is 9.69. The molecule has 0 unspecified atom stereocenters. The maximum absolute atomic E-state index is 12.8. The number of anilines is 1. The van der Waals surface area contributed by atoms with Crippen molar-refractivity contribution in [3.05, 3.63) is 45.7 Å². The molecule has 0 aliphatic rings. The maximum Gasteiger partial charge on any atom is 0.143 e. The van der Waals surface area contributed by atoms with E-state index in [-0.39, 0.29) is 5.82 Å². The molecule has 0 fully saturated rings. The molecule has 0 aliphatic carbocycles. The van der Waals surface area contributed by atoms with E-state index in [0.29, 0.717) is 5.75 Å². The molecule has 1 aromatic heterocycles. The van der Waals surface area contributed by atoms with Crippen molar-refractivity contribution in [1.29, 1.82) is 0 Å². The summed E-state index contributed by atoms with van der Waals surface area (Å²) in [6.45, 7) is 3.02. The molecule has 0 aliphatic heterocycles. The normalized spacial score (nSPS) is 10.6. The highest BCUT2D eigenvalue weighted by molar-refractivity contribution is 14.1. The van der Waals surface area contributed by atoms with Crippen LogP contribution < -0.4 is 5.32 Å². The number of benzene rings is 1. The summed E-state index contributed by atoms with van der Waals surface area (Å²) in [5, 5.41) is 3.29.